The molecule has 4 amide bonds. The van der Waals surface area contributed by atoms with Gasteiger partial charge in [-0.2, -0.15) is 8.78 Å². The number of imide groups is 1. The summed E-state index contributed by atoms with van der Waals surface area (Å²) in [4.78, 5) is 38.3. The van der Waals surface area contributed by atoms with Crippen LogP contribution >= 0.6 is 23.2 Å². The molecule has 7 nitrogen and oxygen atoms in total. The number of nitrogens with zero attached hydrogens (tertiary/aromatic N) is 1. The molecule has 1 fully saturated rings. The summed E-state index contributed by atoms with van der Waals surface area (Å²) < 4.78 is 28.6. The Morgan fingerprint density at radius 3 is 2.43 bits per heavy atom. The van der Waals surface area contributed by atoms with Gasteiger partial charge in [-0.05, 0) is 48.9 Å². The van der Waals surface area contributed by atoms with Crippen molar-refractivity contribution in [1.82, 2.24) is 10.2 Å². The zero-order chi connectivity index (χ0) is 22.1. The maximum Gasteiger partial charge on any atom is 0.387 e. The fourth-order valence-corrected chi connectivity index (χ4v) is 3.21. The van der Waals surface area contributed by atoms with Crippen LogP contribution in [0.4, 0.5) is 19.3 Å². The van der Waals surface area contributed by atoms with Gasteiger partial charge < -0.3 is 15.4 Å². The first-order valence-corrected chi connectivity index (χ1v) is 9.30. The Bertz CT molecular complexity index is 1000. The van der Waals surface area contributed by atoms with E-state index in [-0.39, 0.29) is 16.5 Å². The minimum atomic E-state index is -2.96. The lowest BCUT2D eigenvalue weighted by atomic mass is 9.92. The number of benzene rings is 2. The SMILES string of the molecule is CC1(c2ccc(Cl)c(Cl)c2)NC(=O)N(CC(=O)Nc2ccc(OC(F)F)cc2)C1=O. The number of carbonyl (C=O) groups is 3. The summed E-state index contributed by atoms with van der Waals surface area (Å²) in [7, 11) is 0. The average Bonchev–Trinajstić information content (AvgIpc) is 2.89. The van der Waals surface area contributed by atoms with Crippen LogP contribution in [0.25, 0.3) is 0 Å². The molecule has 2 aromatic rings. The summed E-state index contributed by atoms with van der Waals surface area (Å²) in [6.45, 7) is -2.02. The lowest BCUT2D eigenvalue weighted by molar-refractivity contribution is -0.133. The molecule has 0 radical (unpaired) electrons. The van der Waals surface area contributed by atoms with Crippen molar-refractivity contribution in [2.45, 2.75) is 19.1 Å². The highest BCUT2D eigenvalue weighted by molar-refractivity contribution is 6.42. The standard InChI is InChI=1S/C19H15Cl2F2N3O4/c1-19(10-2-7-13(20)14(21)8-10)16(28)26(18(29)25-19)9-15(27)24-11-3-5-12(6-4-11)30-17(22)23/h2-8,17H,9H2,1H3,(H,24,27)(H,25,29). The number of hydrogen-bond donors (Lipinski definition) is 2. The average molecular weight is 458 g/mol. The van der Waals surface area contributed by atoms with Crippen molar-refractivity contribution in [3.05, 3.63) is 58.1 Å². The number of urea groups is 1. The molecular formula is C19H15Cl2F2N3O4. The van der Waals surface area contributed by atoms with E-state index >= 15 is 0 Å². The van der Waals surface area contributed by atoms with Crippen LogP contribution in [0.1, 0.15) is 12.5 Å². The Morgan fingerprint density at radius 2 is 1.83 bits per heavy atom. The maximum absolute atomic E-state index is 12.9. The minimum absolute atomic E-state index is 0.0745. The molecule has 0 spiro atoms. The van der Waals surface area contributed by atoms with Crippen molar-refractivity contribution in [3.63, 3.8) is 0 Å². The van der Waals surface area contributed by atoms with E-state index in [1.807, 2.05) is 0 Å². The second kappa shape index (κ2) is 8.45. The van der Waals surface area contributed by atoms with E-state index in [4.69, 9.17) is 23.2 Å². The number of hydrogen-bond acceptors (Lipinski definition) is 4. The summed E-state index contributed by atoms with van der Waals surface area (Å²) in [5, 5.41) is 5.55. The van der Waals surface area contributed by atoms with Crippen LogP contribution in [-0.4, -0.2) is 35.9 Å². The number of rotatable bonds is 6. The second-order valence-electron chi connectivity index (χ2n) is 6.53. The fraction of sp³-hybridized carbons (Fsp3) is 0.211. The first kappa shape index (κ1) is 21.8. The van der Waals surface area contributed by atoms with Gasteiger partial charge in [0, 0.05) is 5.69 Å². The largest absolute Gasteiger partial charge is 0.435 e. The highest BCUT2D eigenvalue weighted by atomic mass is 35.5. The minimum Gasteiger partial charge on any atom is -0.435 e. The molecule has 2 aromatic carbocycles. The molecule has 1 saturated heterocycles. The lowest BCUT2D eigenvalue weighted by Gasteiger charge is -2.22. The third-order valence-electron chi connectivity index (χ3n) is 4.44. The molecule has 0 aromatic heterocycles. The van der Waals surface area contributed by atoms with Crippen LogP contribution in [0, 0.1) is 0 Å². The van der Waals surface area contributed by atoms with E-state index in [1.54, 1.807) is 6.07 Å². The van der Waals surface area contributed by atoms with Gasteiger partial charge in [-0.25, -0.2) is 4.79 Å². The Hall–Kier alpha value is -2.91. The number of ether oxygens (including phenoxy) is 1. The van der Waals surface area contributed by atoms with Gasteiger partial charge in [0.05, 0.1) is 10.0 Å². The van der Waals surface area contributed by atoms with Crippen LogP contribution in [0.5, 0.6) is 5.75 Å². The molecule has 1 unspecified atom stereocenters. The van der Waals surface area contributed by atoms with Gasteiger partial charge in [-0.15, -0.1) is 0 Å². The third kappa shape index (κ3) is 4.47. The van der Waals surface area contributed by atoms with Gasteiger partial charge in [0.1, 0.15) is 17.8 Å². The zero-order valence-corrected chi connectivity index (χ0v) is 16.9. The molecular weight excluding hydrogens is 443 g/mol. The van der Waals surface area contributed by atoms with Crippen molar-refractivity contribution in [3.8, 4) is 5.75 Å². The molecule has 30 heavy (non-hydrogen) atoms. The van der Waals surface area contributed by atoms with E-state index < -0.39 is 36.5 Å². The van der Waals surface area contributed by atoms with Crippen molar-refractivity contribution in [1.29, 1.82) is 0 Å². The molecule has 1 heterocycles. The number of carbonyl (C=O) groups excluding carboxylic acids is 3. The van der Waals surface area contributed by atoms with Gasteiger partial charge in [-0.3, -0.25) is 14.5 Å². The monoisotopic (exact) mass is 457 g/mol. The van der Waals surface area contributed by atoms with Crippen molar-refractivity contribution in [2.75, 3.05) is 11.9 Å². The molecule has 0 aliphatic carbocycles. The molecule has 0 bridgehead atoms. The lowest BCUT2D eigenvalue weighted by Crippen LogP contribution is -2.42. The number of alkyl halides is 2. The molecule has 2 N–H and O–H groups in total. The van der Waals surface area contributed by atoms with E-state index in [9.17, 15) is 23.2 Å². The van der Waals surface area contributed by atoms with Crippen LogP contribution in [0.3, 0.4) is 0 Å². The van der Waals surface area contributed by atoms with E-state index in [2.05, 4.69) is 15.4 Å². The summed E-state index contributed by atoms with van der Waals surface area (Å²) in [6.07, 6.45) is 0. The normalized spacial score (nSPS) is 18.5. The Morgan fingerprint density at radius 1 is 1.17 bits per heavy atom. The molecule has 0 saturated carbocycles. The van der Waals surface area contributed by atoms with Crippen LogP contribution in [0.2, 0.25) is 10.0 Å². The number of nitrogens with one attached hydrogen (secondary N) is 2. The molecule has 1 aliphatic heterocycles. The highest BCUT2D eigenvalue weighted by Crippen LogP contribution is 2.33. The predicted molar refractivity (Wildman–Crippen MR) is 106 cm³/mol. The van der Waals surface area contributed by atoms with E-state index in [0.717, 1.165) is 4.90 Å². The van der Waals surface area contributed by atoms with Gasteiger partial charge in [0.25, 0.3) is 5.91 Å². The first-order valence-electron chi connectivity index (χ1n) is 8.54. The molecule has 11 heteroatoms. The smallest absolute Gasteiger partial charge is 0.387 e. The third-order valence-corrected chi connectivity index (χ3v) is 5.18. The quantitative estimate of drug-likeness (QED) is 0.641. The molecule has 3 rings (SSSR count). The van der Waals surface area contributed by atoms with E-state index in [0.29, 0.717) is 10.6 Å². The van der Waals surface area contributed by atoms with Gasteiger partial charge in [0.2, 0.25) is 5.91 Å². The molecule has 1 aliphatic rings. The maximum atomic E-state index is 12.9. The summed E-state index contributed by atoms with van der Waals surface area (Å²) in [6, 6.07) is 8.97. The van der Waals surface area contributed by atoms with Crippen molar-refractivity contribution < 1.29 is 27.9 Å². The number of amides is 4. The summed E-state index contributed by atoms with van der Waals surface area (Å²) >= 11 is 11.9. The van der Waals surface area contributed by atoms with Crippen LogP contribution in [-0.2, 0) is 15.1 Å². The van der Waals surface area contributed by atoms with Crippen LogP contribution < -0.4 is 15.4 Å². The predicted octanol–water partition coefficient (Wildman–Crippen LogP) is 4.00. The van der Waals surface area contributed by atoms with Crippen molar-refractivity contribution >= 4 is 46.7 Å². The van der Waals surface area contributed by atoms with Crippen molar-refractivity contribution in [2.24, 2.45) is 0 Å². The number of halogens is 4. The van der Waals surface area contributed by atoms with Gasteiger partial charge in [0.15, 0.2) is 0 Å². The first-order chi connectivity index (χ1) is 14.1. The molecule has 1 atom stereocenters. The highest BCUT2D eigenvalue weighted by Gasteiger charge is 2.49. The second-order valence-corrected chi connectivity index (χ2v) is 7.34. The fourth-order valence-electron chi connectivity index (χ4n) is 2.91. The Kier molecular flexibility index (Phi) is 6.14. The Balaban J connectivity index is 1.69. The molecule has 158 valence electrons. The summed E-state index contributed by atoms with van der Waals surface area (Å²) in [5.74, 6) is -1.37. The van der Waals surface area contributed by atoms with Gasteiger partial charge in [-0.1, -0.05) is 29.3 Å². The zero-order valence-electron chi connectivity index (χ0n) is 15.4. The van der Waals surface area contributed by atoms with Crippen LogP contribution in [0.15, 0.2) is 42.5 Å². The van der Waals surface area contributed by atoms with Gasteiger partial charge >= 0.3 is 12.6 Å². The number of anilines is 1. The topological polar surface area (TPSA) is 87.7 Å². The summed E-state index contributed by atoms with van der Waals surface area (Å²) in [5.41, 5.74) is -0.728. The Labute approximate surface area is 179 Å². The van der Waals surface area contributed by atoms with E-state index in [1.165, 1.54) is 43.3 Å².